The fraction of sp³-hybridized carbons (Fsp3) is 0.923. The van der Waals surface area contributed by atoms with Gasteiger partial charge in [-0.3, -0.25) is 4.79 Å². The molecule has 0 amide bonds. The number of rotatable bonds is 5. The minimum Gasteiger partial charge on any atom is -0.481 e. The largest absolute Gasteiger partial charge is 0.481 e. The monoisotopic (exact) mass is 214 g/mol. The van der Waals surface area contributed by atoms with Crippen molar-refractivity contribution in [1.29, 1.82) is 0 Å². The van der Waals surface area contributed by atoms with Gasteiger partial charge in [-0.1, -0.05) is 48.0 Å². The molecular weight excluding hydrogens is 188 g/mol. The molecule has 0 aromatic heterocycles. The van der Waals surface area contributed by atoms with Crippen LogP contribution in [0.25, 0.3) is 0 Å². The molecule has 90 valence electrons. The summed E-state index contributed by atoms with van der Waals surface area (Å²) in [5, 5.41) is 8.94. The Hall–Kier alpha value is -0.530. The van der Waals surface area contributed by atoms with E-state index in [1.165, 1.54) is 0 Å². The van der Waals surface area contributed by atoms with Gasteiger partial charge in [0.05, 0.1) is 0 Å². The van der Waals surface area contributed by atoms with E-state index in [1.54, 1.807) is 0 Å². The third-order valence-corrected chi connectivity index (χ3v) is 3.30. The standard InChI is InChI=1S/C13H26O2/c1-7-13(5,6)10(8-11(14)15)9-12(2,3)4/h10H,7-9H2,1-6H3,(H,14,15). The van der Waals surface area contributed by atoms with E-state index in [0.717, 1.165) is 12.8 Å². The SMILES string of the molecule is CCC(C)(C)C(CC(=O)O)CC(C)(C)C. The molecule has 0 aliphatic rings. The molecule has 0 saturated heterocycles. The van der Waals surface area contributed by atoms with Crippen molar-refractivity contribution in [3.05, 3.63) is 0 Å². The van der Waals surface area contributed by atoms with Gasteiger partial charge in [0.1, 0.15) is 0 Å². The number of carbonyl (C=O) groups is 1. The van der Waals surface area contributed by atoms with Gasteiger partial charge < -0.3 is 5.11 Å². The summed E-state index contributed by atoms with van der Waals surface area (Å²) in [6.45, 7) is 13.0. The normalized spacial score (nSPS) is 15.1. The average Bonchev–Trinajstić information content (AvgIpc) is 1.99. The van der Waals surface area contributed by atoms with Crippen LogP contribution in [0.2, 0.25) is 0 Å². The molecule has 1 unspecified atom stereocenters. The summed E-state index contributed by atoms with van der Waals surface area (Å²) in [6.07, 6.45) is 2.29. The predicted octanol–water partition coefficient (Wildman–Crippen LogP) is 3.95. The zero-order valence-electron chi connectivity index (χ0n) is 11.1. The highest BCUT2D eigenvalue weighted by Gasteiger charge is 2.32. The summed E-state index contributed by atoms with van der Waals surface area (Å²) < 4.78 is 0. The molecule has 0 aliphatic heterocycles. The number of carboxylic acid groups (broad SMARTS) is 1. The van der Waals surface area contributed by atoms with E-state index in [4.69, 9.17) is 5.11 Å². The summed E-state index contributed by atoms with van der Waals surface area (Å²) in [5.41, 5.74) is 0.318. The van der Waals surface area contributed by atoms with Crippen LogP contribution in [0.5, 0.6) is 0 Å². The van der Waals surface area contributed by atoms with Crippen molar-refractivity contribution in [1.82, 2.24) is 0 Å². The molecule has 0 aromatic carbocycles. The molecule has 0 spiro atoms. The van der Waals surface area contributed by atoms with Crippen LogP contribution >= 0.6 is 0 Å². The second-order valence-electron chi connectivity index (χ2n) is 6.40. The zero-order valence-corrected chi connectivity index (χ0v) is 11.1. The smallest absolute Gasteiger partial charge is 0.303 e. The van der Waals surface area contributed by atoms with Crippen LogP contribution in [0, 0.1) is 16.7 Å². The zero-order chi connectivity index (χ0) is 12.3. The number of hydrogen-bond acceptors (Lipinski definition) is 1. The highest BCUT2D eigenvalue weighted by atomic mass is 16.4. The average molecular weight is 214 g/mol. The summed E-state index contributed by atoms with van der Waals surface area (Å²) in [7, 11) is 0. The molecule has 1 N–H and O–H groups in total. The Balaban J connectivity index is 4.66. The number of carboxylic acids is 1. The molecule has 2 heteroatoms. The molecule has 0 radical (unpaired) electrons. The van der Waals surface area contributed by atoms with Gasteiger partial charge in [0.25, 0.3) is 0 Å². The van der Waals surface area contributed by atoms with Crippen molar-refractivity contribution in [3.63, 3.8) is 0 Å². The molecule has 15 heavy (non-hydrogen) atoms. The van der Waals surface area contributed by atoms with Gasteiger partial charge in [-0.15, -0.1) is 0 Å². The maximum atomic E-state index is 10.9. The van der Waals surface area contributed by atoms with Crippen LogP contribution in [-0.2, 0) is 4.79 Å². The first kappa shape index (κ1) is 14.5. The van der Waals surface area contributed by atoms with Gasteiger partial charge in [-0.05, 0) is 23.2 Å². The highest BCUT2D eigenvalue weighted by Crippen LogP contribution is 2.40. The van der Waals surface area contributed by atoms with Crippen molar-refractivity contribution in [2.45, 2.75) is 60.8 Å². The van der Waals surface area contributed by atoms with Crippen molar-refractivity contribution < 1.29 is 9.90 Å². The first-order valence-electron chi connectivity index (χ1n) is 5.80. The summed E-state index contributed by atoms with van der Waals surface area (Å²) in [4.78, 5) is 10.9. The van der Waals surface area contributed by atoms with E-state index in [0.29, 0.717) is 0 Å². The molecule has 0 aliphatic carbocycles. The topological polar surface area (TPSA) is 37.3 Å². The van der Waals surface area contributed by atoms with E-state index in [2.05, 4.69) is 41.5 Å². The molecule has 0 aromatic rings. The Kier molecular flexibility index (Phi) is 4.82. The van der Waals surface area contributed by atoms with Crippen LogP contribution in [0.4, 0.5) is 0 Å². The molecule has 0 fully saturated rings. The van der Waals surface area contributed by atoms with Crippen LogP contribution < -0.4 is 0 Å². The Morgan fingerprint density at radius 3 is 1.93 bits per heavy atom. The van der Waals surface area contributed by atoms with Crippen LogP contribution in [0.3, 0.4) is 0 Å². The fourth-order valence-electron chi connectivity index (χ4n) is 1.86. The van der Waals surface area contributed by atoms with Gasteiger partial charge in [0.2, 0.25) is 0 Å². The molecule has 1 atom stereocenters. The molecule has 0 heterocycles. The van der Waals surface area contributed by atoms with E-state index < -0.39 is 5.97 Å². The van der Waals surface area contributed by atoms with Crippen molar-refractivity contribution in [2.24, 2.45) is 16.7 Å². The van der Waals surface area contributed by atoms with Crippen molar-refractivity contribution in [2.75, 3.05) is 0 Å². The summed E-state index contributed by atoms with van der Waals surface area (Å²) in [5.74, 6) is -0.411. The van der Waals surface area contributed by atoms with Crippen LogP contribution in [0.15, 0.2) is 0 Å². The highest BCUT2D eigenvalue weighted by molar-refractivity contribution is 5.67. The van der Waals surface area contributed by atoms with Crippen molar-refractivity contribution in [3.8, 4) is 0 Å². The molecule has 0 bridgehead atoms. The lowest BCUT2D eigenvalue weighted by molar-refractivity contribution is -0.139. The van der Waals surface area contributed by atoms with Gasteiger partial charge in [-0.2, -0.15) is 0 Å². The van der Waals surface area contributed by atoms with E-state index in [1.807, 2.05) is 0 Å². The summed E-state index contributed by atoms with van der Waals surface area (Å²) >= 11 is 0. The Morgan fingerprint density at radius 2 is 1.67 bits per heavy atom. The number of aliphatic carboxylic acids is 1. The quantitative estimate of drug-likeness (QED) is 0.752. The van der Waals surface area contributed by atoms with Gasteiger partial charge in [0, 0.05) is 6.42 Å². The lowest BCUT2D eigenvalue weighted by Gasteiger charge is -2.36. The molecule has 0 saturated carbocycles. The van der Waals surface area contributed by atoms with Gasteiger partial charge in [-0.25, -0.2) is 0 Å². The first-order valence-corrected chi connectivity index (χ1v) is 5.80. The minimum atomic E-state index is -0.675. The predicted molar refractivity (Wildman–Crippen MR) is 63.9 cm³/mol. The van der Waals surface area contributed by atoms with E-state index in [9.17, 15) is 4.79 Å². The van der Waals surface area contributed by atoms with Crippen LogP contribution in [-0.4, -0.2) is 11.1 Å². The molecular formula is C13H26O2. The Morgan fingerprint density at radius 1 is 1.20 bits per heavy atom. The first-order chi connectivity index (χ1) is 6.58. The van der Waals surface area contributed by atoms with E-state index in [-0.39, 0.29) is 23.2 Å². The van der Waals surface area contributed by atoms with Gasteiger partial charge in [0.15, 0.2) is 0 Å². The molecule has 2 nitrogen and oxygen atoms in total. The number of hydrogen-bond donors (Lipinski definition) is 1. The second-order valence-corrected chi connectivity index (χ2v) is 6.40. The maximum Gasteiger partial charge on any atom is 0.303 e. The summed E-state index contributed by atoms with van der Waals surface area (Å²) in [6, 6.07) is 0. The lowest BCUT2D eigenvalue weighted by Crippen LogP contribution is -2.29. The Bertz CT molecular complexity index is 211. The van der Waals surface area contributed by atoms with Crippen LogP contribution in [0.1, 0.15) is 60.8 Å². The molecule has 0 rings (SSSR count). The third kappa shape index (κ3) is 5.81. The minimum absolute atomic E-state index is 0.117. The third-order valence-electron chi connectivity index (χ3n) is 3.30. The van der Waals surface area contributed by atoms with E-state index >= 15 is 0 Å². The fourth-order valence-corrected chi connectivity index (χ4v) is 1.86. The van der Waals surface area contributed by atoms with Crippen molar-refractivity contribution >= 4 is 5.97 Å². The maximum absolute atomic E-state index is 10.9. The Labute approximate surface area is 94.1 Å². The lowest BCUT2D eigenvalue weighted by atomic mass is 9.68. The second kappa shape index (κ2) is 5.00. The van der Waals surface area contributed by atoms with Gasteiger partial charge >= 0.3 is 5.97 Å².